The number of aliphatic carboxylic acids is 1. The van der Waals surface area contributed by atoms with E-state index in [9.17, 15) is 9.59 Å². The normalized spacial score (nSPS) is 10.1. The maximum atomic E-state index is 11.3. The van der Waals surface area contributed by atoms with Crippen molar-refractivity contribution in [2.75, 3.05) is 13.1 Å². The van der Waals surface area contributed by atoms with Crippen molar-refractivity contribution >= 4 is 12.0 Å². The van der Waals surface area contributed by atoms with E-state index in [2.05, 4.69) is 20.9 Å². The number of nitrogens with two attached hydrogens (primary N) is 1. The second kappa shape index (κ2) is 7.22. The van der Waals surface area contributed by atoms with Crippen molar-refractivity contribution < 1.29 is 14.7 Å². The standard InChI is InChI=1S/C9H16N6O3/c10-2-1-3-11-9(18)12-4-7-5-15(14-13-7)6-8(16)17/h5H,1-4,6,10H2,(H,16,17)(H2,11,12,18). The lowest BCUT2D eigenvalue weighted by Crippen LogP contribution is -2.36. The predicted molar refractivity (Wildman–Crippen MR) is 61.6 cm³/mol. The number of carboxylic acids is 1. The maximum absolute atomic E-state index is 11.3. The third kappa shape index (κ3) is 5.25. The van der Waals surface area contributed by atoms with Gasteiger partial charge in [-0.25, -0.2) is 9.48 Å². The molecular formula is C9H16N6O3. The highest BCUT2D eigenvalue weighted by Crippen LogP contribution is 1.92. The Bertz CT molecular complexity index is 405. The van der Waals surface area contributed by atoms with Crippen LogP contribution in [-0.4, -0.2) is 45.2 Å². The quantitative estimate of drug-likeness (QED) is 0.439. The van der Waals surface area contributed by atoms with Crippen LogP contribution in [-0.2, 0) is 17.9 Å². The Morgan fingerprint density at radius 3 is 2.89 bits per heavy atom. The third-order valence-corrected chi connectivity index (χ3v) is 1.98. The second-order valence-electron chi connectivity index (χ2n) is 3.55. The van der Waals surface area contributed by atoms with E-state index in [-0.39, 0.29) is 19.1 Å². The number of hydrogen-bond donors (Lipinski definition) is 4. The average Bonchev–Trinajstić information content (AvgIpc) is 2.73. The number of carboxylic acid groups (broad SMARTS) is 1. The van der Waals surface area contributed by atoms with E-state index in [0.29, 0.717) is 25.2 Å². The summed E-state index contributed by atoms with van der Waals surface area (Å²) in [7, 11) is 0. The summed E-state index contributed by atoms with van der Waals surface area (Å²) in [5.74, 6) is -1.00. The van der Waals surface area contributed by atoms with Gasteiger partial charge in [-0.3, -0.25) is 4.79 Å². The van der Waals surface area contributed by atoms with Crippen LogP contribution in [0.4, 0.5) is 4.79 Å². The van der Waals surface area contributed by atoms with E-state index in [0.717, 1.165) is 0 Å². The van der Waals surface area contributed by atoms with Crippen LogP contribution < -0.4 is 16.4 Å². The number of nitrogens with zero attached hydrogens (tertiary/aromatic N) is 3. The lowest BCUT2D eigenvalue weighted by Gasteiger charge is -2.04. The van der Waals surface area contributed by atoms with Gasteiger partial charge in [0, 0.05) is 6.54 Å². The van der Waals surface area contributed by atoms with Crippen LogP contribution in [0, 0.1) is 0 Å². The lowest BCUT2D eigenvalue weighted by molar-refractivity contribution is -0.137. The van der Waals surface area contributed by atoms with Crippen molar-refractivity contribution in [2.45, 2.75) is 19.5 Å². The minimum atomic E-state index is -1.00. The first-order valence-electron chi connectivity index (χ1n) is 5.44. The van der Waals surface area contributed by atoms with Gasteiger partial charge in [-0.15, -0.1) is 5.10 Å². The number of carbonyl (C=O) groups is 2. The van der Waals surface area contributed by atoms with E-state index in [1.54, 1.807) is 0 Å². The Balaban J connectivity index is 2.28. The summed E-state index contributed by atoms with van der Waals surface area (Å²) in [6, 6.07) is -0.323. The van der Waals surface area contributed by atoms with Crippen molar-refractivity contribution in [1.82, 2.24) is 25.6 Å². The van der Waals surface area contributed by atoms with Crippen LogP contribution in [0.25, 0.3) is 0 Å². The zero-order valence-electron chi connectivity index (χ0n) is 9.80. The van der Waals surface area contributed by atoms with Gasteiger partial charge in [0.25, 0.3) is 0 Å². The summed E-state index contributed by atoms with van der Waals surface area (Å²) in [5, 5.41) is 21.1. The highest BCUT2D eigenvalue weighted by atomic mass is 16.4. The highest BCUT2D eigenvalue weighted by Gasteiger charge is 2.05. The fourth-order valence-corrected chi connectivity index (χ4v) is 1.17. The molecule has 1 heterocycles. The maximum Gasteiger partial charge on any atom is 0.325 e. The monoisotopic (exact) mass is 256 g/mol. The molecule has 1 aromatic heterocycles. The molecule has 0 spiro atoms. The Hall–Kier alpha value is -2.16. The Labute approximate surface area is 103 Å². The molecule has 1 aromatic rings. The molecule has 100 valence electrons. The minimum Gasteiger partial charge on any atom is -0.480 e. The summed E-state index contributed by atoms with van der Waals surface area (Å²) < 4.78 is 1.19. The molecule has 0 radical (unpaired) electrons. The largest absolute Gasteiger partial charge is 0.480 e. The van der Waals surface area contributed by atoms with E-state index >= 15 is 0 Å². The van der Waals surface area contributed by atoms with Gasteiger partial charge < -0.3 is 21.5 Å². The van der Waals surface area contributed by atoms with Gasteiger partial charge in [-0.05, 0) is 13.0 Å². The molecule has 1 rings (SSSR count). The molecule has 0 aliphatic rings. The SMILES string of the molecule is NCCCNC(=O)NCc1cn(CC(=O)O)nn1. The van der Waals surface area contributed by atoms with Gasteiger partial charge in [0.1, 0.15) is 12.2 Å². The Morgan fingerprint density at radius 1 is 1.44 bits per heavy atom. The smallest absolute Gasteiger partial charge is 0.325 e. The molecule has 0 aliphatic carbocycles. The van der Waals surface area contributed by atoms with Gasteiger partial charge in [0.2, 0.25) is 0 Å². The fraction of sp³-hybridized carbons (Fsp3) is 0.556. The Morgan fingerprint density at radius 2 is 2.22 bits per heavy atom. The van der Waals surface area contributed by atoms with Crippen LogP contribution in [0.3, 0.4) is 0 Å². The summed E-state index contributed by atoms with van der Waals surface area (Å²) in [6.45, 7) is 0.960. The van der Waals surface area contributed by atoms with E-state index in [1.807, 2.05) is 0 Å². The first-order valence-corrected chi connectivity index (χ1v) is 5.44. The molecule has 0 unspecified atom stereocenters. The molecule has 0 saturated carbocycles. The van der Waals surface area contributed by atoms with Crippen molar-refractivity contribution in [3.05, 3.63) is 11.9 Å². The van der Waals surface area contributed by atoms with Crippen molar-refractivity contribution in [3.8, 4) is 0 Å². The van der Waals surface area contributed by atoms with Gasteiger partial charge in [-0.2, -0.15) is 0 Å². The zero-order chi connectivity index (χ0) is 13.4. The van der Waals surface area contributed by atoms with Crippen LogP contribution in [0.15, 0.2) is 6.20 Å². The zero-order valence-corrected chi connectivity index (χ0v) is 9.80. The number of urea groups is 1. The Kier molecular flexibility index (Phi) is 5.58. The van der Waals surface area contributed by atoms with Gasteiger partial charge in [-0.1, -0.05) is 5.21 Å². The molecular weight excluding hydrogens is 240 g/mol. The number of carbonyl (C=O) groups excluding carboxylic acids is 1. The first kappa shape index (κ1) is 13.9. The summed E-state index contributed by atoms with van der Waals surface area (Å²) >= 11 is 0. The molecule has 0 aromatic carbocycles. The number of aromatic nitrogens is 3. The fourth-order valence-electron chi connectivity index (χ4n) is 1.17. The molecule has 9 heteroatoms. The van der Waals surface area contributed by atoms with Crippen LogP contribution in [0.5, 0.6) is 0 Å². The summed E-state index contributed by atoms with van der Waals surface area (Å²) in [6.07, 6.45) is 2.18. The third-order valence-electron chi connectivity index (χ3n) is 1.98. The topological polar surface area (TPSA) is 135 Å². The summed E-state index contributed by atoms with van der Waals surface area (Å²) in [4.78, 5) is 21.7. The molecule has 0 atom stereocenters. The predicted octanol–water partition coefficient (Wildman–Crippen LogP) is -1.49. The van der Waals surface area contributed by atoms with Crippen molar-refractivity contribution in [1.29, 1.82) is 0 Å². The highest BCUT2D eigenvalue weighted by molar-refractivity contribution is 5.73. The van der Waals surface area contributed by atoms with E-state index in [1.165, 1.54) is 10.9 Å². The summed E-state index contributed by atoms with van der Waals surface area (Å²) in [5.41, 5.74) is 5.77. The molecule has 0 saturated heterocycles. The number of hydrogen-bond acceptors (Lipinski definition) is 5. The van der Waals surface area contributed by atoms with Crippen LogP contribution in [0.2, 0.25) is 0 Å². The molecule has 5 N–H and O–H groups in total. The first-order chi connectivity index (χ1) is 8.61. The number of rotatable bonds is 7. The van der Waals surface area contributed by atoms with E-state index in [4.69, 9.17) is 10.8 Å². The second-order valence-corrected chi connectivity index (χ2v) is 3.55. The minimum absolute atomic E-state index is 0.189. The molecule has 9 nitrogen and oxygen atoms in total. The van der Waals surface area contributed by atoms with Crippen molar-refractivity contribution in [3.63, 3.8) is 0 Å². The average molecular weight is 256 g/mol. The van der Waals surface area contributed by atoms with Crippen LogP contribution >= 0.6 is 0 Å². The van der Waals surface area contributed by atoms with Gasteiger partial charge in [0.15, 0.2) is 0 Å². The number of amides is 2. The molecule has 0 aliphatic heterocycles. The van der Waals surface area contributed by atoms with Crippen LogP contribution in [0.1, 0.15) is 12.1 Å². The molecule has 2 amide bonds. The number of nitrogens with one attached hydrogen (secondary N) is 2. The van der Waals surface area contributed by atoms with Gasteiger partial charge >= 0.3 is 12.0 Å². The molecule has 0 bridgehead atoms. The van der Waals surface area contributed by atoms with Crippen molar-refractivity contribution in [2.24, 2.45) is 5.73 Å². The van der Waals surface area contributed by atoms with E-state index < -0.39 is 5.97 Å². The molecule has 18 heavy (non-hydrogen) atoms. The lowest BCUT2D eigenvalue weighted by atomic mass is 10.4. The molecule has 0 fully saturated rings. The van der Waals surface area contributed by atoms with Gasteiger partial charge in [0.05, 0.1) is 12.7 Å².